The summed E-state index contributed by atoms with van der Waals surface area (Å²) in [6.07, 6.45) is 0.255. The van der Waals surface area contributed by atoms with E-state index >= 15 is 0 Å². The summed E-state index contributed by atoms with van der Waals surface area (Å²) in [7, 11) is 1.61. The van der Waals surface area contributed by atoms with E-state index in [2.05, 4.69) is 10.3 Å². The summed E-state index contributed by atoms with van der Waals surface area (Å²) < 4.78 is 5.30. The van der Waals surface area contributed by atoms with Gasteiger partial charge in [-0.15, -0.1) is 11.3 Å². The van der Waals surface area contributed by atoms with E-state index in [4.69, 9.17) is 4.74 Å². The number of hydrogen-bond donors (Lipinski definition) is 1. The number of nitro benzene ring substituents is 1. The zero-order valence-corrected chi connectivity index (χ0v) is 20.1. The molecular formula is C24H22N4O6S. The molecule has 0 saturated carbocycles. The summed E-state index contributed by atoms with van der Waals surface area (Å²) in [6, 6.07) is 9.71. The molecule has 4 rings (SSSR count). The molecule has 11 heteroatoms. The lowest BCUT2D eigenvalue weighted by atomic mass is 10.1. The van der Waals surface area contributed by atoms with Gasteiger partial charge >= 0.3 is 0 Å². The number of thiazole rings is 1. The minimum Gasteiger partial charge on any atom is -0.496 e. The first-order chi connectivity index (χ1) is 16.7. The largest absolute Gasteiger partial charge is 0.496 e. The molecule has 1 aliphatic heterocycles. The molecule has 1 aromatic heterocycles. The van der Waals surface area contributed by atoms with Crippen LogP contribution in [0.1, 0.15) is 44.0 Å². The van der Waals surface area contributed by atoms with E-state index in [0.717, 1.165) is 32.3 Å². The number of hydrogen-bond acceptors (Lipinski definition) is 8. The molecule has 2 heterocycles. The van der Waals surface area contributed by atoms with Crippen LogP contribution in [0.4, 0.5) is 10.8 Å². The lowest BCUT2D eigenvalue weighted by Crippen LogP contribution is -2.31. The smallest absolute Gasteiger partial charge is 0.282 e. The predicted octanol–water partition coefficient (Wildman–Crippen LogP) is 4.36. The number of aryl methyl sites for hydroxylation is 2. The molecule has 0 unspecified atom stereocenters. The van der Waals surface area contributed by atoms with Crippen molar-refractivity contribution >= 4 is 39.9 Å². The fraction of sp³-hybridized carbons (Fsp3) is 0.250. The van der Waals surface area contributed by atoms with Gasteiger partial charge < -0.3 is 10.1 Å². The van der Waals surface area contributed by atoms with Crippen molar-refractivity contribution in [2.75, 3.05) is 19.0 Å². The molecule has 1 aliphatic rings. The van der Waals surface area contributed by atoms with Gasteiger partial charge in [0.25, 0.3) is 17.5 Å². The summed E-state index contributed by atoms with van der Waals surface area (Å²) in [6.45, 7) is 3.84. The van der Waals surface area contributed by atoms with Gasteiger partial charge in [0.2, 0.25) is 5.91 Å². The number of rotatable bonds is 8. The number of carbonyl (C=O) groups excluding carboxylic acids is 3. The first kappa shape index (κ1) is 24.0. The Hall–Kier alpha value is -4.12. The van der Waals surface area contributed by atoms with Crippen LogP contribution in [0.3, 0.4) is 0 Å². The number of nitrogens with one attached hydrogen (secondary N) is 1. The fourth-order valence-electron chi connectivity index (χ4n) is 3.99. The maximum atomic E-state index is 12.6. The van der Waals surface area contributed by atoms with Gasteiger partial charge in [0, 0.05) is 29.5 Å². The SMILES string of the molecule is COc1ccc(-c2nc(NC(=O)CCCN3C(=O)c4cccc([N+](=O)[O-])c4C3=O)sc2C)cc1C. The molecule has 180 valence electrons. The van der Waals surface area contributed by atoms with Gasteiger partial charge in [-0.25, -0.2) is 4.98 Å². The van der Waals surface area contributed by atoms with E-state index in [1.165, 1.54) is 29.5 Å². The topological polar surface area (TPSA) is 132 Å². The second-order valence-corrected chi connectivity index (χ2v) is 9.18. The van der Waals surface area contributed by atoms with E-state index in [9.17, 15) is 24.5 Å². The number of anilines is 1. The normalized spacial score (nSPS) is 12.6. The Balaban J connectivity index is 1.37. The average Bonchev–Trinajstić information content (AvgIpc) is 3.30. The van der Waals surface area contributed by atoms with Crippen LogP contribution >= 0.6 is 11.3 Å². The van der Waals surface area contributed by atoms with Gasteiger partial charge in [-0.05, 0) is 50.1 Å². The molecule has 0 spiro atoms. The molecule has 2 aromatic carbocycles. The molecule has 0 bridgehead atoms. The molecule has 0 atom stereocenters. The highest BCUT2D eigenvalue weighted by molar-refractivity contribution is 7.16. The van der Waals surface area contributed by atoms with Crippen LogP contribution in [0, 0.1) is 24.0 Å². The Kier molecular flexibility index (Phi) is 6.61. The molecule has 0 saturated heterocycles. The fourth-order valence-corrected chi connectivity index (χ4v) is 4.85. The Bertz CT molecular complexity index is 1370. The molecule has 35 heavy (non-hydrogen) atoms. The van der Waals surface area contributed by atoms with E-state index in [1.807, 2.05) is 32.0 Å². The molecule has 0 aliphatic carbocycles. The van der Waals surface area contributed by atoms with Crippen LogP contribution < -0.4 is 10.1 Å². The summed E-state index contributed by atoms with van der Waals surface area (Å²) in [5.74, 6) is -0.835. The maximum Gasteiger partial charge on any atom is 0.282 e. The number of imide groups is 1. The van der Waals surface area contributed by atoms with Gasteiger partial charge in [-0.1, -0.05) is 6.07 Å². The number of nitro groups is 1. The molecule has 3 amide bonds. The highest BCUT2D eigenvalue weighted by Gasteiger charge is 2.40. The summed E-state index contributed by atoms with van der Waals surface area (Å²) >= 11 is 1.35. The second-order valence-electron chi connectivity index (χ2n) is 7.98. The summed E-state index contributed by atoms with van der Waals surface area (Å²) in [5, 5.41) is 14.4. The number of ether oxygens (including phenoxy) is 1. The van der Waals surface area contributed by atoms with Crippen molar-refractivity contribution in [2.45, 2.75) is 26.7 Å². The maximum absolute atomic E-state index is 12.6. The monoisotopic (exact) mass is 494 g/mol. The molecule has 1 N–H and O–H groups in total. The molecule has 0 fully saturated rings. The predicted molar refractivity (Wildman–Crippen MR) is 130 cm³/mol. The van der Waals surface area contributed by atoms with E-state index in [0.29, 0.717) is 5.13 Å². The Labute approximate surface area is 204 Å². The minimum absolute atomic E-state index is 0.00760. The summed E-state index contributed by atoms with van der Waals surface area (Å²) in [4.78, 5) is 54.6. The molecule has 3 aromatic rings. The number of amides is 3. The number of fused-ring (bicyclic) bond motifs is 1. The minimum atomic E-state index is -0.715. The number of nitrogens with zero attached hydrogens (tertiary/aromatic N) is 3. The lowest BCUT2D eigenvalue weighted by molar-refractivity contribution is -0.385. The number of carbonyl (C=O) groups is 3. The first-order valence-electron chi connectivity index (χ1n) is 10.8. The van der Waals surface area contributed by atoms with Crippen molar-refractivity contribution in [3.8, 4) is 17.0 Å². The van der Waals surface area contributed by atoms with Crippen molar-refractivity contribution in [1.82, 2.24) is 9.88 Å². The van der Waals surface area contributed by atoms with Crippen molar-refractivity contribution in [1.29, 1.82) is 0 Å². The van der Waals surface area contributed by atoms with E-state index in [-0.39, 0.29) is 36.4 Å². The van der Waals surface area contributed by atoms with Crippen LogP contribution in [0.15, 0.2) is 36.4 Å². The van der Waals surface area contributed by atoms with Crippen LogP contribution in [0.25, 0.3) is 11.3 Å². The van der Waals surface area contributed by atoms with Crippen LogP contribution in [-0.2, 0) is 4.79 Å². The van der Waals surface area contributed by atoms with Crippen molar-refractivity contribution in [3.05, 3.63) is 68.1 Å². The zero-order valence-electron chi connectivity index (χ0n) is 19.3. The van der Waals surface area contributed by atoms with E-state index in [1.54, 1.807) is 7.11 Å². The first-order valence-corrected chi connectivity index (χ1v) is 11.6. The average molecular weight is 495 g/mol. The third-order valence-corrected chi connectivity index (χ3v) is 6.56. The van der Waals surface area contributed by atoms with Crippen LogP contribution in [0.2, 0.25) is 0 Å². The molecule has 0 radical (unpaired) electrons. The molecular weight excluding hydrogens is 472 g/mol. The van der Waals surface area contributed by atoms with Gasteiger partial charge in [0.1, 0.15) is 11.3 Å². The Morgan fingerprint density at radius 1 is 1.20 bits per heavy atom. The third-order valence-electron chi connectivity index (χ3n) is 5.67. The number of methoxy groups -OCH3 is 1. The van der Waals surface area contributed by atoms with Crippen molar-refractivity contribution < 1.29 is 24.0 Å². The quantitative estimate of drug-likeness (QED) is 0.280. The zero-order chi connectivity index (χ0) is 25.3. The van der Waals surface area contributed by atoms with Crippen LogP contribution in [0.5, 0.6) is 5.75 Å². The highest BCUT2D eigenvalue weighted by atomic mass is 32.1. The van der Waals surface area contributed by atoms with Crippen molar-refractivity contribution in [2.24, 2.45) is 0 Å². The van der Waals surface area contributed by atoms with Crippen LogP contribution in [-0.4, -0.2) is 46.2 Å². The van der Waals surface area contributed by atoms with Crippen molar-refractivity contribution in [3.63, 3.8) is 0 Å². The third kappa shape index (κ3) is 4.62. The second kappa shape index (κ2) is 9.63. The Morgan fingerprint density at radius 2 is 1.97 bits per heavy atom. The number of benzene rings is 2. The van der Waals surface area contributed by atoms with Gasteiger partial charge in [-0.2, -0.15) is 0 Å². The van der Waals surface area contributed by atoms with E-state index < -0.39 is 22.4 Å². The van der Waals surface area contributed by atoms with Gasteiger partial charge in [0.05, 0.1) is 23.3 Å². The summed E-state index contributed by atoms with van der Waals surface area (Å²) in [5.41, 5.74) is 2.06. The Morgan fingerprint density at radius 3 is 2.66 bits per heavy atom. The van der Waals surface area contributed by atoms with Gasteiger partial charge in [-0.3, -0.25) is 29.4 Å². The van der Waals surface area contributed by atoms with Gasteiger partial charge in [0.15, 0.2) is 5.13 Å². The highest BCUT2D eigenvalue weighted by Crippen LogP contribution is 2.33. The lowest BCUT2D eigenvalue weighted by Gasteiger charge is -2.13. The number of aromatic nitrogens is 1. The molecule has 10 nitrogen and oxygen atoms in total. The standard InChI is InChI=1S/C24H22N4O6S/c1-13-12-15(9-10-18(13)34-3)21-14(2)35-24(26-21)25-19(29)8-5-11-27-22(30)16-6-4-7-17(28(32)33)20(16)23(27)31/h4,6-7,9-10,12H,5,8,11H2,1-3H3,(H,25,26,29).